The summed E-state index contributed by atoms with van der Waals surface area (Å²) in [5.74, 6) is 0.184. The molecule has 0 aliphatic carbocycles. The molecule has 1 N–H and O–H groups in total. The molecule has 0 saturated heterocycles. The average Bonchev–Trinajstić information content (AvgIpc) is 2.56. The smallest absolute Gasteiger partial charge is 0.219 e. The van der Waals surface area contributed by atoms with Gasteiger partial charge in [-0.1, -0.05) is 105 Å². The van der Waals surface area contributed by atoms with Crippen molar-refractivity contribution in [1.82, 2.24) is 5.32 Å². The summed E-state index contributed by atoms with van der Waals surface area (Å²) in [6.45, 7) is 9.04. The second kappa shape index (κ2) is 22.7. The van der Waals surface area contributed by atoms with Gasteiger partial charge in [0.1, 0.15) is 0 Å². The van der Waals surface area contributed by atoms with Gasteiger partial charge in [0, 0.05) is 13.0 Å². The minimum Gasteiger partial charge on any atom is -0.356 e. The largest absolute Gasteiger partial charge is 0.356 e. The first-order valence-electron chi connectivity index (χ1n) is 10.1. The highest BCUT2D eigenvalue weighted by Gasteiger charge is 1.96. The van der Waals surface area contributed by atoms with Crippen molar-refractivity contribution in [1.29, 1.82) is 0 Å². The molecule has 0 saturated carbocycles. The Kier molecular flexibility index (Phi) is 24.5. The van der Waals surface area contributed by atoms with Crippen molar-refractivity contribution < 1.29 is 4.79 Å². The number of unbranched alkanes of at least 4 members (excludes halogenated alkanes) is 12. The average molecular weight is 314 g/mol. The molecule has 0 aliphatic rings. The Labute approximate surface area is 140 Å². The van der Waals surface area contributed by atoms with Gasteiger partial charge in [-0.25, -0.2) is 0 Å². The Balaban J connectivity index is 0. The van der Waals surface area contributed by atoms with Crippen molar-refractivity contribution in [3.05, 3.63) is 0 Å². The molecule has 0 spiro atoms. The van der Waals surface area contributed by atoms with E-state index in [2.05, 4.69) is 12.2 Å². The minimum absolute atomic E-state index is 0.184. The molecule has 1 amide bonds. The molecule has 0 aromatic heterocycles. The van der Waals surface area contributed by atoms with Crippen LogP contribution in [0, 0.1) is 0 Å². The van der Waals surface area contributed by atoms with Crippen molar-refractivity contribution in [2.75, 3.05) is 6.54 Å². The second-order valence-electron chi connectivity index (χ2n) is 5.95. The van der Waals surface area contributed by atoms with Crippen molar-refractivity contribution in [3.8, 4) is 0 Å². The number of hydrogen-bond donors (Lipinski definition) is 1. The lowest BCUT2D eigenvalue weighted by Crippen LogP contribution is -2.23. The van der Waals surface area contributed by atoms with E-state index in [1.807, 2.05) is 20.8 Å². The van der Waals surface area contributed by atoms with Crippen LogP contribution in [0.1, 0.15) is 118 Å². The fraction of sp³-hybridized carbons (Fsp3) is 0.950. The van der Waals surface area contributed by atoms with Crippen molar-refractivity contribution >= 4 is 5.91 Å². The van der Waals surface area contributed by atoms with Gasteiger partial charge in [-0.15, -0.1) is 0 Å². The first-order chi connectivity index (χ1) is 10.8. The summed E-state index contributed by atoms with van der Waals surface area (Å²) >= 11 is 0. The number of rotatable bonds is 15. The molecular formula is C20H43NO. The van der Waals surface area contributed by atoms with Gasteiger partial charge in [-0.2, -0.15) is 0 Å². The molecule has 0 aromatic rings. The Morgan fingerprint density at radius 2 is 1.00 bits per heavy atom. The van der Waals surface area contributed by atoms with E-state index in [0.717, 1.165) is 13.0 Å². The Bertz CT molecular complexity index is 204. The molecule has 0 aromatic carbocycles. The van der Waals surface area contributed by atoms with Crippen molar-refractivity contribution in [2.24, 2.45) is 0 Å². The van der Waals surface area contributed by atoms with Gasteiger partial charge in [0.15, 0.2) is 0 Å². The van der Waals surface area contributed by atoms with E-state index in [0.29, 0.717) is 6.42 Å². The van der Waals surface area contributed by atoms with Crippen LogP contribution in [-0.2, 0) is 4.79 Å². The summed E-state index contributed by atoms with van der Waals surface area (Å²) in [5.41, 5.74) is 0. The van der Waals surface area contributed by atoms with Gasteiger partial charge in [0.2, 0.25) is 5.91 Å². The highest BCUT2D eigenvalue weighted by Crippen LogP contribution is 2.12. The number of hydrogen-bond acceptors (Lipinski definition) is 1. The van der Waals surface area contributed by atoms with E-state index in [-0.39, 0.29) is 5.91 Å². The second-order valence-corrected chi connectivity index (χ2v) is 5.95. The Morgan fingerprint density at radius 3 is 1.36 bits per heavy atom. The molecule has 0 aliphatic heterocycles. The molecule has 134 valence electrons. The molecule has 0 heterocycles. The summed E-state index contributed by atoms with van der Waals surface area (Å²) in [4.78, 5) is 11.0. The van der Waals surface area contributed by atoms with E-state index < -0.39 is 0 Å². The standard InChI is InChI=1S/C18H37NO.C2H6/c1-3-5-6-7-8-9-10-11-12-13-14-15-16-17-19-18(20)4-2;1-2/h3-17H2,1-2H3,(H,19,20);1-2H3. The van der Waals surface area contributed by atoms with Crippen LogP contribution in [0.25, 0.3) is 0 Å². The van der Waals surface area contributed by atoms with Gasteiger partial charge in [0.25, 0.3) is 0 Å². The van der Waals surface area contributed by atoms with Crippen LogP contribution in [0.2, 0.25) is 0 Å². The van der Waals surface area contributed by atoms with Gasteiger partial charge in [0.05, 0.1) is 0 Å². The predicted molar refractivity (Wildman–Crippen MR) is 100 cm³/mol. The molecule has 0 atom stereocenters. The summed E-state index contributed by atoms with van der Waals surface area (Å²) in [6, 6.07) is 0. The van der Waals surface area contributed by atoms with E-state index in [1.54, 1.807) is 0 Å². The maximum Gasteiger partial charge on any atom is 0.219 e. The van der Waals surface area contributed by atoms with Crippen LogP contribution < -0.4 is 5.32 Å². The van der Waals surface area contributed by atoms with Crippen molar-refractivity contribution in [3.63, 3.8) is 0 Å². The van der Waals surface area contributed by atoms with E-state index in [1.165, 1.54) is 77.0 Å². The minimum atomic E-state index is 0.184. The maximum absolute atomic E-state index is 11.0. The highest BCUT2D eigenvalue weighted by atomic mass is 16.1. The zero-order valence-electron chi connectivity index (χ0n) is 16.0. The van der Waals surface area contributed by atoms with E-state index in [9.17, 15) is 4.79 Å². The summed E-state index contributed by atoms with van der Waals surface area (Å²) < 4.78 is 0. The Hall–Kier alpha value is -0.530. The number of carbonyl (C=O) groups excluding carboxylic acids is 1. The maximum atomic E-state index is 11.0. The molecule has 0 rings (SSSR count). The van der Waals surface area contributed by atoms with Crippen LogP contribution >= 0.6 is 0 Å². The third kappa shape index (κ3) is 21.8. The number of nitrogens with one attached hydrogen (secondary N) is 1. The Morgan fingerprint density at radius 1 is 0.636 bits per heavy atom. The SMILES string of the molecule is CC.CCCCCCCCCCCCCCCNC(=O)CC. The van der Waals surface area contributed by atoms with Crippen LogP contribution in [0.5, 0.6) is 0 Å². The number of carbonyl (C=O) groups is 1. The van der Waals surface area contributed by atoms with Crippen molar-refractivity contribution in [2.45, 2.75) is 118 Å². The van der Waals surface area contributed by atoms with Gasteiger partial charge < -0.3 is 5.32 Å². The summed E-state index contributed by atoms with van der Waals surface area (Å²) in [7, 11) is 0. The van der Waals surface area contributed by atoms with Crippen LogP contribution in [0.4, 0.5) is 0 Å². The van der Waals surface area contributed by atoms with Gasteiger partial charge in [-0.3, -0.25) is 4.79 Å². The molecule has 2 nitrogen and oxygen atoms in total. The molecule has 2 heteroatoms. The quantitative estimate of drug-likeness (QED) is 0.338. The lowest BCUT2D eigenvalue weighted by molar-refractivity contribution is -0.120. The summed E-state index contributed by atoms with van der Waals surface area (Å²) in [5, 5.41) is 2.93. The zero-order chi connectivity index (χ0) is 16.9. The normalized spacial score (nSPS) is 10.0. The highest BCUT2D eigenvalue weighted by molar-refractivity contribution is 5.75. The third-order valence-corrected chi connectivity index (χ3v) is 3.92. The molecule has 0 fully saturated rings. The predicted octanol–water partition coefficient (Wildman–Crippen LogP) is 6.63. The topological polar surface area (TPSA) is 29.1 Å². The van der Waals surface area contributed by atoms with Crippen LogP contribution in [0.3, 0.4) is 0 Å². The van der Waals surface area contributed by atoms with Crippen LogP contribution in [0.15, 0.2) is 0 Å². The summed E-state index contributed by atoms with van der Waals surface area (Å²) in [6.07, 6.45) is 18.5. The zero-order valence-corrected chi connectivity index (χ0v) is 16.0. The molecular weight excluding hydrogens is 270 g/mol. The molecule has 0 unspecified atom stereocenters. The fourth-order valence-electron chi connectivity index (χ4n) is 2.50. The van der Waals surface area contributed by atoms with Gasteiger partial charge in [-0.05, 0) is 6.42 Å². The fourth-order valence-corrected chi connectivity index (χ4v) is 2.50. The first kappa shape index (κ1) is 23.7. The molecule has 22 heavy (non-hydrogen) atoms. The third-order valence-electron chi connectivity index (χ3n) is 3.92. The monoisotopic (exact) mass is 313 g/mol. The number of amides is 1. The van der Waals surface area contributed by atoms with Crippen LogP contribution in [-0.4, -0.2) is 12.5 Å². The van der Waals surface area contributed by atoms with E-state index in [4.69, 9.17) is 0 Å². The molecule has 0 bridgehead atoms. The van der Waals surface area contributed by atoms with Gasteiger partial charge >= 0.3 is 0 Å². The van der Waals surface area contributed by atoms with E-state index >= 15 is 0 Å². The first-order valence-corrected chi connectivity index (χ1v) is 10.1. The lowest BCUT2D eigenvalue weighted by atomic mass is 10.0. The lowest BCUT2D eigenvalue weighted by Gasteiger charge is -2.04. The molecule has 0 radical (unpaired) electrons.